The average Bonchev–Trinajstić information content (AvgIpc) is 2.85. The van der Waals surface area contributed by atoms with Crippen LogP contribution in [0.15, 0.2) is 36.5 Å². The van der Waals surface area contributed by atoms with Crippen LogP contribution in [0.1, 0.15) is 30.7 Å². The fraction of sp³-hybridized carbons (Fsp3) is 0.385. The van der Waals surface area contributed by atoms with Crippen LogP contribution in [0.4, 0.5) is 0 Å². The zero-order valence-electron chi connectivity index (χ0n) is 9.95. The molecule has 90 valence electrons. The van der Waals surface area contributed by atoms with Gasteiger partial charge in [-0.1, -0.05) is 42.5 Å². The zero-order chi connectivity index (χ0) is 12.1. The predicted octanol–water partition coefficient (Wildman–Crippen LogP) is 1.96. The molecule has 0 radical (unpaired) electrons. The Morgan fingerprint density at radius 3 is 2.76 bits per heavy atom. The Kier molecular flexibility index (Phi) is 3.88. The lowest BCUT2D eigenvalue weighted by atomic mass is 10.1. The van der Waals surface area contributed by atoms with Gasteiger partial charge in [-0.15, -0.1) is 5.10 Å². The molecular formula is C13H17N3O. The van der Waals surface area contributed by atoms with E-state index in [1.165, 1.54) is 5.56 Å². The highest BCUT2D eigenvalue weighted by molar-refractivity contribution is 5.14. The summed E-state index contributed by atoms with van der Waals surface area (Å²) in [6.07, 6.45) is 2.90. The highest BCUT2D eigenvalue weighted by Gasteiger charge is 2.09. The van der Waals surface area contributed by atoms with Gasteiger partial charge in [0.25, 0.3) is 0 Å². The molecule has 0 saturated heterocycles. The first-order chi connectivity index (χ1) is 8.29. The maximum Gasteiger partial charge on any atom is 0.111 e. The molecule has 0 amide bonds. The number of rotatable bonds is 5. The van der Waals surface area contributed by atoms with Crippen molar-refractivity contribution in [2.24, 2.45) is 0 Å². The molecule has 1 N–H and O–H groups in total. The van der Waals surface area contributed by atoms with Gasteiger partial charge in [-0.05, 0) is 18.4 Å². The molecule has 0 fully saturated rings. The van der Waals surface area contributed by atoms with Crippen molar-refractivity contribution in [1.29, 1.82) is 0 Å². The summed E-state index contributed by atoms with van der Waals surface area (Å²) in [4.78, 5) is 0. The minimum Gasteiger partial charge on any atom is -0.387 e. The van der Waals surface area contributed by atoms with E-state index < -0.39 is 6.10 Å². The van der Waals surface area contributed by atoms with Crippen molar-refractivity contribution in [3.63, 3.8) is 0 Å². The third kappa shape index (κ3) is 3.14. The zero-order valence-corrected chi connectivity index (χ0v) is 9.95. The third-order valence-corrected chi connectivity index (χ3v) is 2.76. The monoisotopic (exact) mass is 231 g/mol. The number of aliphatic hydroxyl groups is 1. The molecule has 1 aromatic heterocycles. The fourth-order valence-corrected chi connectivity index (χ4v) is 1.67. The first-order valence-corrected chi connectivity index (χ1v) is 5.91. The van der Waals surface area contributed by atoms with Gasteiger partial charge in [-0.2, -0.15) is 0 Å². The molecule has 4 heteroatoms. The maximum atomic E-state index is 9.61. The van der Waals surface area contributed by atoms with Gasteiger partial charge < -0.3 is 5.11 Å². The van der Waals surface area contributed by atoms with Crippen LogP contribution in [0.25, 0.3) is 0 Å². The van der Waals surface area contributed by atoms with E-state index in [9.17, 15) is 5.11 Å². The van der Waals surface area contributed by atoms with E-state index in [1.54, 1.807) is 4.68 Å². The van der Waals surface area contributed by atoms with Gasteiger partial charge in [0.2, 0.25) is 0 Å². The molecule has 1 atom stereocenters. The molecule has 2 rings (SSSR count). The van der Waals surface area contributed by atoms with Gasteiger partial charge >= 0.3 is 0 Å². The first-order valence-electron chi connectivity index (χ1n) is 5.91. The molecule has 0 saturated carbocycles. The van der Waals surface area contributed by atoms with E-state index >= 15 is 0 Å². The van der Waals surface area contributed by atoms with Crippen molar-refractivity contribution in [3.05, 3.63) is 47.8 Å². The second-order valence-electron chi connectivity index (χ2n) is 4.07. The summed E-state index contributed by atoms with van der Waals surface area (Å²) in [5.41, 5.74) is 1.93. The van der Waals surface area contributed by atoms with Gasteiger partial charge in [-0.25, -0.2) is 0 Å². The summed E-state index contributed by atoms with van der Waals surface area (Å²) in [6, 6.07) is 10.3. The van der Waals surface area contributed by atoms with E-state index in [4.69, 9.17) is 0 Å². The normalized spacial score (nSPS) is 12.6. The Hall–Kier alpha value is -1.68. The minimum atomic E-state index is -0.500. The third-order valence-electron chi connectivity index (χ3n) is 2.76. The van der Waals surface area contributed by atoms with Crippen molar-refractivity contribution < 1.29 is 5.11 Å². The van der Waals surface area contributed by atoms with Crippen LogP contribution in [0.5, 0.6) is 0 Å². The quantitative estimate of drug-likeness (QED) is 0.855. The van der Waals surface area contributed by atoms with E-state index in [1.807, 2.05) is 31.3 Å². The van der Waals surface area contributed by atoms with Gasteiger partial charge in [0.1, 0.15) is 5.69 Å². The Balaban J connectivity index is 1.94. The molecule has 0 aliphatic heterocycles. The van der Waals surface area contributed by atoms with Crippen LogP contribution in [-0.4, -0.2) is 20.1 Å². The molecule has 0 bridgehead atoms. The van der Waals surface area contributed by atoms with Crippen molar-refractivity contribution in [1.82, 2.24) is 15.0 Å². The minimum absolute atomic E-state index is 0.500. The second-order valence-corrected chi connectivity index (χ2v) is 4.07. The van der Waals surface area contributed by atoms with Crippen LogP contribution in [-0.2, 0) is 13.0 Å². The van der Waals surface area contributed by atoms with Gasteiger partial charge in [0, 0.05) is 6.54 Å². The van der Waals surface area contributed by atoms with Crippen molar-refractivity contribution in [2.45, 2.75) is 32.4 Å². The summed E-state index contributed by atoms with van der Waals surface area (Å²) in [5, 5.41) is 17.6. The summed E-state index contributed by atoms with van der Waals surface area (Å²) in [7, 11) is 0. The molecule has 1 aromatic carbocycles. The average molecular weight is 231 g/mol. The van der Waals surface area contributed by atoms with Gasteiger partial charge in [0.05, 0.1) is 12.3 Å². The van der Waals surface area contributed by atoms with Crippen LogP contribution in [0.2, 0.25) is 0 Å². The Morgan fingerprint density at radius 2 is 2.06 bits per heavy atom. The molecule has 2 aromatic rings. The number of benzene rings is 1. The Labute approximate surface area is 101 Å². The fourth-order valence-electron chi connectivity index (χ4n) is 1.67. The number of aromatic nitrogens is 3. The molecule has 4 nitrogen and oxygen atoms in total. The predicted molar refractivity (Wildman–Crippen MR) is 65.4 cm³/mol. The lowest BCUT2D eigenvalue weighted by Gasteiger charge is -2.02. The van der Waals surface area contributed by atoms with Gasteiger partial charge in [0.15, 0.2) is 0 Å². The maximum absolute atomic E-state index is 9.61. The van der Waals surface area contributed by atoms with Crippen LogP contribution in [0, 0.1) is 0 Å². The molecule has 1 heterocycles. The lowest BCUT2D eigenvalue weighted by molar-refractivity contribution is 0.168. The van der Waals surface area contributed by atoms with E-state index in [2.05, 4.69) is 22.4 Å². The van der Waals surface area contributed by atoms with Crippen molar-refractivity contribution in [2.75, 3.05) is 0 Å². The first kappa shape index (κ1) is 11.8. The number of hydrogen-bond acceptors (Lipinski definition) is 3. The lowest BCUT2D eigenvalue weighted by Crippen LogP contribution is -2.02. The summed E-state index contributed by atoms with van der Waals surface area (Å²) >= 11 is 0. The molecule has 0 spiro atoms. The highest BCUT2D eigenvalue weighted by Crippen LogP contribution is 2.12. The van der Waals surface area contributed by atoms with Crippen LogP contribution >= 0.6 is 0 Å². The van der Waals surface area contributed by atoms with Crippen molar-refractivity contribution in [3.8, 4) is 0 Å². The second kappa shape index (κ2) is 5.59. The molecular weight excluding hydrogens is 214 g/mol. The van der Waals surface area contributed by atoms with E-state index in [0.29, 0.717) is 12.1 Å². The Bertz CT molecular complexity index is 453. The summed E-state index contributed by atoms with van der Waals surface area (Å²) < 4.78 is 1.78. The van der Waals surface area contributed by atoms with Crippen LogP contribution < -0.4 is 0 Å². The molecule has 1 unspecified atom stereocenters. The SMILES string of the molecule is CCC(O)c1cn(CCc2ccccc2)nn1. The Morgan fingerprint density at radius 1 is 1.29 bits per heavy atom. The largest absolute Gasteiger partial charge is 0.387 e. The van der Waals surface area contributed by atoms with Crippen LogP contribution in [0.3, 0.4) is 0 Å². The molecule has 17 heavy (non-hydrogen) atoms. The summed E-state index contributed by atoms with van der Waals surface area (Å²) in [5.74, 6) is 0. The number of aryl methyl sites for hydroxylation is 2. The smallest absolute Gasteiger partial charge is 0.111 e. The van der Waals surface area contributed by atoms with Gasteiger partial charge in [-0.3, -0.25) is 4.68 Å². The highest BCUT2D eigenvalue weighted by atomic mass is 16.3. The number of nitrogens with zero attached hydrogens (tertiary/aromatic N) is 3. The van der Waals surface area contributed by atoms with E-state index in [-0.39, 0.29) is 0 Å². The standard InChI is InChI=1S/C13H17N3O/c1-2-13(17)12-10-16(15-14-12)9-8-11-6-4-3-5-7-11/h3-7,10,13,17H,2,8-9H2,1H3. The summed E-state index contributed by atoms with van der Waals surface area (Å²) in [6.45, 7) is 2.71. The van der Waals surface area contributed by atoms with Crippen molar-refractivity contribution >= 4 is 0 Å². The van der Waals surface area contributed by atoms with E-state index in [0.717, 1.165) is 13.0 Å². The molecule has 0 aliphatic carbocycles. The number of hydrogen-bond donors (Lipinski definition) is 1. The number of aliphatic hydroxyl groups excluding tert-OH is 1. The molecule has 0 aliphatic rings. The topological polar surface area (TPSA) is 50.9 Å².